The van der Waals surface area contributed by atoms with Gasteiger partial charge in [-0.15, -0.1) is 0 Å². The molecule has 0 aliphatic heterocycles. The molecule has 0 spiro atoms. The van der Waals surface area contributed by atoms with Crippen LogP contribution in [0.4, 0.5) is 0 Å². The van der Waals surface area contributed by atoms with Gasteiger partial charge in [0.15, 0.2) is 0 Å². The Bertz CT molecular complexity index is 588. The Labute approximate surface area is 146 Å². The van der Waals surface area contributed by atoms with Crippen molar-refractivity contribution in [3.8, 4) is 0 Å². The average molecular weight is 332 g/mol. The Morgan fingerprint density at radius 3 is 2.62 bits per heavy atom. The third-order valence-electron chi connectivity index (χ3n) is 7.36. The summed E-state index contributed by atoms with van der Waals surface area (Å²) in [6, 6.07) is 0. The molecule has 0 amide bonds. The summed E-state index contributed by atoms with van der Waals surface area (Å²) >= 11 is 0. The standard InChI is InChI=1S/C21H32O3/c1-13(2)15-11-14-7-8-18-20(3,16(14)12-17(15)24-5)9-6-10-21(18,4)19(22)23/h7,11,13,16-18H,6,8-10,12H2,1-5H3,(H,22,23)/t16-,17-,18-,20+,21+/m0/s1. The molecule has 0 aromatic rings. The van der Waals surface area contributed by atoms with E-state index in [9.17, 15) is 9.90 Å². The molecule has 0 saturated heterocycles. The van der Waals surface area contributed by atoms with E-state index in [0.29, 0.717) is 11.8 Å². The SMILES string of the molecule is CO[C@H]1C[C@H]2C(=CC[C@H]3[C@]2(C)CCC[C@@]3(C)C(=O)O)C=C1C(C)C. The molecule has 3 nitrogen and oxygen atoms in total. The fourth-order valence-electron chi connectivity index (χ4n) is 5.86. The predicted octanol–water partition coefficient (Wildman–Crippen LogP) is 4.83. The summed E-state index contributed by atoms with van der Waals surface area (Å²) in [5.41, 5.74) is 2.28. The van der Waals surface area contributed by atoms with Crippen molar-refractivity contribution in [1.82, 2.24) is 0 Å². The molecule has 1 N–H and O–H groups in total. The molecule has 0 radical (unpaired) electrons. The van der Waals surface area contributed by atoms with Crippen LogP contribution in [0.25, 0.3) is 0 Å². The Hall–Kier alpha value is -1.09. The quantitative estimate of drug-likeness (QED) is 0.805. The fourth-order valence-corrected chi connectivity index (χ4v) is 5.86. The van der Waals surface area contributed by atoms with E-state index in [1.807, 2.05) is 6.92 Å². The predicted molar refractivity (Wildman–Crippen MR) is 95.7 cm³/mol. The number of carboxylic acids is 1. The first-order chi connectivity index (χ1) is 11.2. The summed E-state index contributed by atoms with van der Waals surface area (Å²) < 4.78 is 5.83. The Kier molecular flexibility index (Phi) is 4.44. The first kappa shape index (κ1) is 17.7. The van der Waals surface area contributed by atoms with Gasteiger partial charge in [0.25, 0.3) is 0 Å². The van der Waals surface area contributed by atoms with Crippen molar-refractivity contribution in [3.63, 3.8) is 0 Å². The van der Waals surface area contributed by atoms with Crippen molar-refractivity contribution < 1.29 is 14.6 Å². The van der Waals surface area contributed by atoms with E-state index >= 15 is 0 Å². The van der Waals surface area contributed by atoms with Crippen molar-refractivity contribution in [1.29, 1.82) is 0 Å². The van der Waals surface area contributed by atoms with Gasteiger partial charge in [-0.3, -0.25) is 4.79 Å². The number of hydrogen-bond acceptors (Lipinski definition) is 2. The van der Waals surface area contributed by atoms with E-state index in [4.69, 9.17) is 4.74 Å². The first-order valence-corrected chi connectivity index (χ1v) is 9.41. The van der Waals surface area contributed by atoms with Crippen LogP contribution in [-0.4, -0.2) is 24.3 Å². The van der Waals surface area contributed by atoms with E-state index in [-0.39, 0.29) is 17.4 Å². The molecule has 3 rings (SSSR count). The molecular weight excluding hydrogens is 300 g/mol. The largest absolute Gasteiger partial charge is 0.481 e. The Morgan fingerprint density at radius 2 is 2.04 bits per heavy atom. The second-order valence-corrected chi connectivity index (χ2v) is 8.89. The number of ether oxygens (including phenoxy) is 1. The van der Waals surface area contributed by atoms with Crippen LogP contribution in [0, 0.1) is 28.6 Å². The van der Waals surface area contributed by atoms with Crippen LogP contribution in [-0.2, 0) is 9.53 Å². The summed E-state index contributed by atoms with van der Waals surface area (Å²) in [5, 5.41) is 9.90. The van der Waals surface area contributed by atoms with E-state index in [1.165, 1.54) is 11.1 Å². The molecule has 5 atom stereocenters. The van der Waals surface area contributed by atoms with Crippen LogP contribution in [0.2, 0.25) is 0 Å². The lowest BCUT2D eigenvalue weighted by Gasteiger charge is -2.57. The van der Waals surface area contributed by atoms with Gasteiger partial charge in [0, 0.05) is 7.11 Å². The molecule has 3 aliphatic carbocycles. The van der Waals surface area contributed by atoms with Gasteiger partial charge in [-0.2, -0.15) is 0 Å². The van der Waals surface area contributed by atoms with Gasteiger partial charge in [0.1, 0.15) is 0 Å². The van der Waals surface area contributed by atoms with E-state index < -0.39 is 11.4 Å². The minimum atomic E-state index is -0.618. The van der Waals surface area contributed by atoms with Crippen molar-refractivity contribution in [2.75, 3.05) is 7.11 Å². The minimum Gasteiger partial charge on any atom is -0.481 e. The highest BCUT2D eigenvalue weighted by molar-refractivity contribution is 5.75. The van der Waals surface area contributed by atoms with E-state index in [2.05, 4.69) is 32.9 Å². The number of allylic oxidation sites excluding steroid dienone is 3. The van der Waals surface area contributed by atoms with Crippen molar-refractivity contribution >= 4 is 5.97 Å². The first-order valence-electron chi connectivity index (χ1n) is 9.41. The third kappa shape index (κ3) is 2.47. The minimum absolute atomic E-state index is 0.0608. The molecule has 0 unspecified atom stereocenters. The van der Waals surface area contributed by atoms with Gasteiger partial charge in [0.2, 0.25) is 0 Å². The molecule has 1 fully saturated rings. The fraction of sp³-hybridized carbons (Fsp3) is 0.762. The highest BCUT2D eigenvalue weighted by atomic mass is 16.5. The number of carboxylic acid groups (broad SMARTS) is 1. The van der Waals surface area contributed by atoms with Gasteiger partial charge >= 0.3 is 5.97 Å². The highest BCUT2D eigenvalue weighted by Crippen LogP contribution is 2.62. The third-order valence-corrected chi connectivity index (χ3v) is 7.36. The zero-order valence-corrected chi connectivity index (χ0v) is 15.8. The number of fused-ring (bicyclic) bond motifs is 3. The lowest BCUT2D eigenvalue weighted by molar-refractivity contribution is -0.163. The van der Waals surface area contributed by atoms with Gasteiger partial charge in [-0.05, 0) is 66.9 Å². The topological polar surface area (TPSA) is 46.5 Å². The summed E-state index contributed by atoms with van der Waals surface area (Å²) in [5.74, 6) is 0.505. The number of rotatable bonds is 3. The summed E-state index contributed by atoms with van der Waals surface area (Å²) in [4.78, 5) is 12.0. The number of carbonyl (C=O) groups is 1. The monoisotopic (exact) mass is 332 g/mol. The van der Waals surface area contributed by atoms with Gasteiger partial charge in [-0.25, -0.2) is 0 Å². The van der Waals surface area contributed by atoms with Crippen LogP contribution in [0.5, 0.6) is 0 Å². The molecule has 3 heteroatoms. The van der Waals surface area contributed by atoms with Gasteiger partial charge < -0.3 is 9.84 Å². The van der Waals surface area contributed by atoms with Gasteiger partial charge in [-0.1, -0.05) is 39.3 Å². The number of methoxy groups -OCH3 is 1. The van der Waals surface area contributed by atoms with E-state index in [0.717, 1.165) is 32.1 Å². The summed E-state index contributed by atoms with van der Waals surface area (Å²) in [6.07, 6.45) is 9.69. The molecule has 134 valence electrons. The van der Waals surface area contributed by atoms with Crippen LogP contribution in [0.15, 0.2) is 23.3 Å². The van der Waals surface area contributed by atoms with Crippen LogP contribution < -0.4 is 0 Å². The van der Waals surface area contributed by atoms with Crippen LogP contribution in [0.1, 0.15) is 59.8 Å². The number of aliphatic carboxylic acids is 1. The smallest absolute Gasteiger partial charge is 0.309 e. The maximum Gasteiger partial charge on any atom is 0.309 e. The lowest BCUT2D eigenvalue weighted by Crippen LogP contribution is -2.53. The maximum atomic E-state index is 12.0. The Balaban J connectivity index is 2.04. The maximum absolute atomic E-state index is 12.0. The van der Waals surface area contributed by atoms with Crippen LogP contribution >= 0.6 is 0 Å². The van der Waals surface area contributed by atoms with Crippen molar-refractivity contribution in [3.05, 3.63) is 23.3 Å². The Morgan fingerprint density at radius 1 is 1.33 bits per heavy atom. The lowest BCUT2D eigenvalue weighted by atomic mass is 9.46. The molecule has 0 heterocycles. The highest BCUT2D eigenvalue weighted by Gasteiger charge is 2.57. The molecule has 1 saturated carbocycles. The molecule has 24 heavy (non-hydrogen) atoms. The number of hydrogen-bond donors (Lipinski definition) is 1. The second-order valence-electron chi connectivity index (χ2n) is 8.89. The zero-order chi connectivity index (χ0) is 17.7. The summed E-state index contributed by atoms with van der Waals surface area (Å²) in [6.45, 7) is 8.78. The molecular formula is C21H32O3. The van der Waals surface area contributed by atoms with Crippen LogP contribution in [0.3, 0.4) is 0 Å². The van der Waals surface area contributed by atoms with Gasteiger partial charge in [0.05, 0.1) is 11.5 Å². The van der Waals surface area contributed by atoms with Crippen molar-refractivity contribution in [2.24, 2.45) is 28.6 Å². The zero-order valence-electron chi connectivity index (χ0n) is 15.8. The summed E-state index contributed by atoms with van der Waals surface area (Å²) in [7, 11) is 1.81. The molecule has 0 aromatic heterocycles. The normalized spacial score (nSPS) is 42.0. The molecule has 0 bridgehead atoms. The average Bonchev–Trinajstić information content (AvgIpc) is 2.53. The second kappa shape index (κ2) is 6.01. The van der Waals surface area contributed by atoms with E-state index in [1.54, 1.807) is 7.11 Å². The van der Waals surface area contributed by atoms with Crippen molar-refractivity contribution in [2.45, 2.75) is 65.9 Å². The molecule has 3 aliphatic rings. The molecule has 0 aromatic carbocycles.